The second-order valence-corrected chi connectivity index (χ2v) is 3.92. The Morgan fingerprint density at radius 2 is 1.33 bits per heavy atom. The summed E-state index contributed by atoms with van der Waals surface area (Å²) in [5, 5.41) is 0. The molecule has 0 unspecified atom stereocenters. The summed E-state index contributed by atoms with van der Waals surface area (Å²) in [5.74, 6) is 0. The third-order valence-corrected chi connectivity index (χ3v) is 2.10. The van der Waals surface area contributed by atoms with Gasteiger partial charge < -0.3 is 0 Å². The molecule has 0 aromatic rings. The van der Waals surface area contributed by atoms with Gasteiger partial charge in [0.05, 0.1) is 0 Å². The molecule has 0 bridgehead atoms. The zero-order valence-electron chi connectivity index (χ0n) is 10.6. The minimum absolute atomic E-state index is 1.29. The largest absolute Gasteiger partial charge is 0.0991 e. The minimum Gasteiger partial charge on any atom is -0.0991 e. The SMILES string of the molecule is C=C/C=C\C(=C(C)C)C(/C=C\C)=C(C)C. The highest BCUT2D eigenvalue weighted by Gasteiger charge is 2.01. The Balaban J connectivity index is 5.44. The minimum atomic E-state index is 1.29. The summed E-state index contributed by atoms with van der Waals surface area (Å²) in [6, 6.07) is 0. The van der Waals surface area contributed by atoms with Gasteiger partial charge in [0.2, 0.25) is 0 Å². The number of hydrogen-bond acceptors (Lipinski definition) is 0. The molecule has 0 nitrogen and oxygen atoms in total. The molecule has 0 N–H and O–H groups in total. The van der Waals surface area contributed by atoms with Crippen molar-refractivity contribution in [2.75, 3.05) is 0 Å². The molecule has 0 saturated carbocycles. The van der Waals surface area contributed by atoms with E-state index in [2.05, 4.69) is 52.5 Å². The van der Waals surface area contributed by atoms with Gasteiger partial charge in [0, 0.05) is 0 Å². The van der Waals surface area contributed by atoms with E-state index < -0.39 is 0 Å². The third kappa shape index (κ3) is 4.64. The van der Waals surface area contributed by atoms with Crippen LogP contribution in [0.1, 0.15) is 34.6 Å². The van der Waals surface area contributed by atoms with Crippen LogP contribution >= 0.6 is 0 Å². The van der Waals surface area contributed by atoms with Gasteiger partial charge in [-0.2, -0.15) is 0 Å². The van der Waals surface area contributed by atoms with Crippen molar-refractivity contribution >= 4 is 0 Å². The Bertz CT molecular complexity index is 325. The van der Waals surface area contributed by atoms with Crippen LogP contribution in [0.2, 0.25) is 0 Å². The summed E-state index contributed by atoms with van der Waals surface area (Å²) < 4.78 is 0. The quantitative estimate of drug-likeness (QED) is 0.564. The van der Waals surface area contributed by atoms with E-state index in [1.54, 1.807) is 6.08 Å². The zero-order chi connectivity index (χ0) is 11.8. The fourth-order valence-corrected chi connectivity index (χ4v) is 1.38. The molecule has 0 fully saturated rings. The van der Waals surface area contributed by atoms with Crippen LogP contribution in [-0.2, 0) is 0 Å². The van der Waals surface area contributed by atoms with Gasteiger partial charge in [0.25, 0.3) is 0 Å². The second kappa shape index (κ2) is 7.05. The average molecular weight is 202 g/mol. The first-order valence-electron chi connectivity index (χ1n) is 5.31. The van der Waals surface area contributed by atoms with E-state index in [0.29, 0.717) is 0 Å². The Morgan fingerprint density at radius 3 is 1.67 bits per heavy atom. The zero-order valence-corrected chi connectivity index (χ0v) is 10.6. The molecule has 0 heteroatoms. The Morgan fingerprint density at radius 1 is 0.867 bits per heavy atom. The van der Waals surface area contributed by atoms with Gasteiger partial charge in [0.15, 0.2) is 0 Å². The monoisotopic (exact) mass is 202 g/mol. The summed E-state index contributed by atoms with van der Waals surface area (Å²) >= 11 is 0. The van der Waals surface area contributed by atoms with Gasteiger partial charge in [-0.1, -0.05) is 48.1 Å². The van der Waals surface area contributed by atoms with Crippen LogP contribution in [0, 0.1) is 0 Å². The van der Waals surface area contributed by atoms with E-state index in [1.165, 1.54) is 22.3 Å². The fraction of sp³-hybridized carbons (Fsp3) is 0.333. The van der Waals surface area contributed by atoms with Crippen molar-refractivity contribution < 1.29 is 0 Å². The van der Waals surface area contributed by atoms with E-state index in [1.807, 2.05) is 13.0 Å². The van der Waals surface area contributed by atoms with Crippen LogP contribution < -0.4 is 0 Å². The van der Waals surface area contributed by atoms with Crippen molar-refractivity contribution in [3.05, 3.63) is 59.3 Å². The van der Waals surface area contributed by atoms with E-state index in [4.69, 9.17) is 0 Å². The average Bonchev–Trinajstić information content (AvgIpc) is 2.16. The molecule has 0 saturated heterocycles. The molecular weight excluding hydrogens is 180 g/mol. The first-order valence-corrected chi connectivity index (χ1v) is 5.31. The maximum atomic E-state index is 3.70. The summed E-state index contributed by atoms with van der Waals surface area (Å²) in [6.45, 7) is 14.3. The predicted octanol–water partition coefficient (Wildman–Crippen LogP) is 4.98. The first kappa shape index (κ1) is 13.7. The maximum absolute atomic E-state index is 3.70. The normalized spacial score (nSPS) is 10.7. The van der Waals surface area contributed by atoms with Crippen LogP contribution in [0.5, 0.6) is 0 Å². The Kier molecular flexibility index (Phi) is 6.44. The van der Waals surface area contributed by atoms with Gasteiger partial charge in [-0.05, 0) is 45.8 Å². The standard InChI is InChI=1S/C15H22/c1-7-9-11-15(13(5)6)14(10-8-2)12(3)4/h7-11H,1H2,2-6H3/b10-8-,11-9-. The van der Waals surface area contributed by atoms with Gasteiger partial charge in [-0.3, -0.25) is 0 Å². The predicted molar refractivity (Wildman–Crippen MR) is 70.9 cm³/mol. The maximum Gasteiger partial charge on any atom is -0.0198 e. The summed E-state index contributed by atoms with van der Waals surface area (Å²) in [5.41, 5.74) is 5.24. The lowest BCUT2D eigenvalue weighted by Crippen LogP contribution is -1.89. The highest BCUT2D eigenvalue weighted by molar-refractivity contribution is 5.50. The molecule has 0 heterocycles. The summed E-state index contributed by atoms with van der Waals surface area (Å²) in [7, 11) is 0. The highest BCUT2D eigenvalue weighted by atomic mass is 14.1. The Hall–Kier alpha value is -1.30. The van der Waals surface area contributed by atoms with Crippen molar-refractivity contribution in [3.63, 3.8) is 0 Å². The molecule has 0 rings (SSSR count). The van der Waals surface area contributed by atoms with Gasteiger partial charge >= 0.3 is 0 Å². The van der Waals surface area contributed by atoms with E-state index in [0.717, 1.165) is 0 Å². The molecule has 0 aliphatic heterocycles. The summed E-state index contributed by atoms with van der Waals surface area (Å²) in [6.07, 6.45) is 10.1. The smallest absolute Gasteiger partial charge is 0.0198 e. The molecule has 82 valence electrons. The van der Waals surface area contributed by atoms with Gasteiger partial charge in [-0.15, -0.1) is 0 Å². The van der Waals surface area contributed by atoms with Crippen LogP contribution in [0.3, 0.4) is 0 Å². The molecule has 0 aromatic carbocycles. The topological polar surface area (TPSA) is 0 Å². The lowest BCUT2D eigenvalue weighted by atomic mass is 9.96. The second-order valence-electron chi connectivity index (χ2n) is 3.92. The van der Waals surface area contributed by atoms with Crippen molar-refractivity contribution in [2.45, 2.75) is 34.6 Å². The molecule has 0 aliphatic rings. The molecule has 0 spiro atoms. The molecular formula is C15H22. The molecule has 0 amide bonds. The lowest BCUT2D eigenvalue weighted by Gasteiger charge is -2.09. The van der Waals surface area contributed by atoms with Crippen molar-refractivity contribution in [1.82, 2.24) is 0 Å². The van der Waals surface area contributed by atoms with E-state index in [9.17, 15) is 0 Å². The molecule has 0 atom stereocenters. The highest BCUT2D eigenvalue weighted by Crippen LogP contribution is 2.21. The van der Waals surface area contributed by atoms with Crippen molar-refractivity contribution in [2.24, 2.45) is 0 Å². The van der Waals surface area contributed by atoms with E-state index >= 15 is 0 Å². The molecule has 0 aliphatic carbocycles. The molecule has 0 aromatic heterocycles. The number of hydrogen-bond donors (Lipinski definition) is 0. The Labute approximate surface area is 94.4 Å². The summed E-state index contributed by atoms with van der Waals surface area (Å²) in [4.78, 5) is 0. The molecule has 15 heavy (non-hydrogen) atoms. The van der Waals surface area contributed by atoms with E-state index in [-0.39, 0.29) is 0 Å². The van der Waals surface area contributed by atoms with Crippen LogP contribution in [0.15, 0.2) is 59.3 Å². The number of rotatable bonds is 4. The van der Waals surface area contributed by atoms with Gasteiger partial charge in [-0.25, -0.2) is 0 Å². The van der Waals surface area contributed by atoms with Crippen molar-refractivity contribution in [3.8, 4) is 0 Å². The molecule has 0 radical (unpaired) electrons. The number of allylic oxidation sites excluding steroid dienone is 9. The fourth-order valence-electron chi connectivity index (χ4n) is 1.38. The van der Waals surface area contributed by atoms with Crippen LogP contribution in [0.4, 0.5) is 0 Å². The van der Waals surface area contributed by atoms with Crippen molar-refractivity contribution in [1.29, 1.82) is 0 Å². The third-order valence-electron chi connectivity index (χ3n) is 2.10. The van der Waals surface area contributed by atoms with Crippen LogP contribution in [-0.4, -0.2) is 0 Å². The first-order chi connectivity index (χ1) is 7.04. The lowest BCUT2D eigenvalue weighted by molar-refractivity contribution is 1.25. The van der Waals surface area contributed by atoms with Crippen LogP contribution in [0.25, 0.3) is 0 Å². The van der Waals surface area contributed by atoms with Gasteiger partial charge in [0.1, 0.15) is 0 Å².